The van der Waals surface area contributed by atoms with Gasteiger partial charge in [-0.15, -0.1) is 0 Å². The van der Waals surface area contributed by atoms with E-state index in [1.54, 1.807) is 6.07 Å². The fourth-order valence-electron chi connectivity index (χ4n) is 1.43. The summed E-state index contributed by atoms with van der Waals surface area (Å²) in [6.45, 7) is 1.89. The van der Waals surface area contributed by atoms with E-state index >= 15 is 0 Å². The standard InChI is InChI=1S/C12H12N2O/c1-9-5-4-8-11(13-9)14-12(15)10-6-2-3-7-10/h2-8,10H,1H3,(H,13,14,15). The summed E-state index contributed by atoms with van der Waals surface area (Å²) in [7, 11) is 0. The van der Waals surface area contributed by atoms with E-state index < -0.39 is 0 Å². The molecule has 1 aromatic heterocycles. The van der Waals surface area contributed by atoms with Gasteiger partial charge in [0.05, 0.1) is 5.92 Å². The average molecular weight is 200 g/mol. The lowest BCUT2D eigenvalue weighted by Gasteiger charge is -2.07. The maximum absolute atomic E-state index is 11.7. The van der Waals surface area contributed by atoms with Crippen LogP contribution in [0, 0.1) is 12.8 Å². The molecule has 0 atom stereocenters. The Hall–Kier alpha value is -1.90. The fraction of sp³-hybridized carbons (Fsp3) is 0.167. The molecule has 76 valence electrons. The van der Waals surface area contributed by atoms with E-state index in [1.807, 2.05) is 43.4 Å². The number of amides is 1. The Morgan fingerprint density at radius 1 is 1.33 bits per heavy atom. The van der Waals surface area contributed by atoms with Gasteiger partial charge in [-0.1, -0.05) is 30.4 Å². The molecule has 1 aliphatic carbocycles. The summed E-state index contributed by atoms with van der Waals surface area (Å²) in [5.41, 5.74) is 0.894. The van der Waals surface area contributed by atoms with E-state index in [0.29, 0.717) is 5.82 Å². The zero-order chi connectivity index (χ0) is 10.7. The summed E-state index contributed by atoms with van der Waals surface area (Å²) in [6.07, 6.45) is 7.44. The molecule has 0 spiro atoms. The third-order valence-corrected chi connectivity index (χ3v) is 2.19. The number of hydrogen-bond acceptors (Lipinski definition) is 2. The van der Waals surface area contributed by atoms with Crippen molar-refractivity contribution in [2.75, 3.05) is 5.32 Å². The number of carbonyl (C=O) groups excluding carboxylic acids is 1. The second-order valence-electron chi connectivity index (χ2n) is 3.45. The van der Waals surface area contributed by atoms with E-state index in [1.165, 1.54) is 0 Å². The number of nitrogens with one attached hydrogen (secondary N) is 1. The molecular weight excluding hydrogens is 188 g/mol. The second kappa shape index (κ2) is 4.09. The Morgan fingerprint density at radius 3 is 2.73 bits per heavy atom. The van der Waals surface area contributed by atoms with Crippen LogP contribution in [0.2, 0.25) is 0 Å². The summed E-state index contributed by atoms with van der Waals surface area (Å²) in [5.74, 6) is 0.402. The number of allylic oxidation sites excluding steroid dienone is 2. The predicted molar refractivity (Wildman–Crippen MR) is 59.4 cm³/mol. The van der Waals surface area contributed by atoms with E-state index in [0.717, 1.165) is 5.69 Å². The Kier molecular flexibility index (Phi) is 2.63. The summed E-state index contributed by atoms with van der Waals surface area (Å²) in [6, 6.07) is 5.55. The predicted octanol–water partition coefficient (Wildman–Crippen LogP) is 2.07. The van der Waals surface area contributed by atoms with E-state index in [2.05, 4.69) is 10.3 Å². The second-order valence-corrected chi connectivity index (χ2v) is 3.45. The van der Waals surface area contributed by atoms with Crippen LogP contribution in [0.3, 0.4) is 0 Å². The summed E-state index contributed by atoms with van der Waals surface area (Å²) < 4.78 is 0. The Balaban J connectivity index is 2.05. The number of hydrogen-bond donors (Lipinski definition) is 1. The smallest absolute Gasteiger partial charge is 0.236 e. The minimum atomic E-state index is -0.160. The van der Waals surface area contributed by atoms with Crippen LogP contribution in [0.1, 0.15) is 5.69 Å². The molecule has 1 heterocycles. The number of carbonyl (C=O) groups is 1. The van der Waals surface area contributed by atoms with Gasteiger partial charge in [-0.3, -0.25) is 4.79 Å². The van der Waals surface area contributed by atoms with Crippen molar-refractivity contribution in [3.05, 3.63) is 48.2 Å². The lowest BCUT2D eigenvalue weighted by atomic mass is 10.1. The van der Waals surface area contributed by atoms with Crippen molar-refractivity contribution in [3.63, 3.8) is 0 Å². The average Bonchev–Trinajstić information content (AvgIpc) is 2.70. The van der Waals surface area contributed by atoms with Crippen LogP contribution in [0.4, 0.5) is 5.82 Å². The van der Waals surface area contributed by atoms with Crippen molar-refractivity contribution in [2.45, 2.75) is 6.92 Å². The van der Waals surface area contributed by atoms with Crippen molar-refractivity contribution in [2.24, 2.45) is 5.92 Å². The maximum atomic E-state index is 11.7. The quantitative estimate of drug-likeness (QED) is 0.794. The molecule has 0 unspecified atom stereocenters. The number of nitrogens with zero attached hydrogens (tertiary/aromatic N) is 1. The molecular formula is C12H12N2O. The first kappa shape index (κ1) is 9.65. The lowest BCUT2D eigenvalue weighted by Crippen LogP contribution is -2.19. The molecule has 0 saturated heterocycles. The van der Waals surface area contributed by atoms with Crippen molar-refractivity contribution in [3.8, 4) is 0 Å². The molecule has 0 aliphatic heterocycles. The van der Waals surface area contributed by atoms with Gasteiger partial charge in [-0.2, -0.15) is 0 Å². The maximum Gasteiger partial charge on any atom is 0.236 e. The topological polar surface area (TPSA) is 42.0 Å². The van der Waals surface area contributed by atoms with Gasteiger partial charge in [0.2, 0.25) is 5.91 Å². The zero-order valence-corrected chi connectivity index (χ0v) is 8.47. The minimum absolute atomic E-state index is 0.0434. The number of pyridine rings is 1. The van der Waals surface area contributed by atoms with Crippen LogP contribution < -0.4 is 5.32 Å². The van der Waals surface area contributed by atoms with Gasteiger partial charge in [0.15, 0.2) is 0 Å². The highest BCUT2D eigenvalue weighted by Gasteiger charge is 2.14. The van der Waals surface area contributed by atoms with Crippen LogP contribution in [0.15, 0.2) is 42.5 Å². The Morgan fingerprint density at radius 2 is 2.07 bits per heavy atom. The lowest BCUT2D eigenvalue weighted by molar-refractivity contribution is -0.117. The van der Waals surface area contributed by atoms with Crippen LogP contribution in [0.5, 0.6) is 0 Å². The first-order valence-corrected chi connectivity index (χ1v) is 4.85. The highest BCUT2D eigenvalue weighted by atomic mass is 16.1. The molecule has 1 amide bonds. The SMILES string of the molecule is Cc1cccc(NC(=O)C2C=CC=C2)n1. The fourth-order valence-corrected chi connectivity index (χ4v) is 1.43. The van der Waals surface area contributed by atoms with Gasteiger partial charge in [0, 0.05) is 5.69 Å². The normalized spacial score (nSPS) is 14.5. The van der Waals surface area contributed by atoms with Crippen LogP contribution in [-0.2, 0) is 4.79 Å². The van der Waals surface area contributed by atoms with Crippen molar-refractivity contribution in [1.29, 1.82) is 0 Å². The molecule has 0 radical (unpaired) electrons. The minimum Gasteiger partial charge on any atom is -0.310 e. The third kappa shape index (κ3) is 2.31. The number of rotatable bonds is 2. The van der Waals surface area contributed by atoms with Crippen LogP contribution >= 0.6 is 0 Å². The molecule has 1 aliphatic rings. The van der Waals surface area contributed by atoms with E-state index in [-0.39, 0.29) is 11.8 Å². The number of aryl methyl sites for hydroxylation is 1. The molecule has 15 heavy (non-hydrogen) atoms. The van der Waals surface area contributed by atoms with Crippen molar-refractivity contribution >= 4 is 11.7 Å². The van der Waals surface area contributed by atoms with E-state index in [9.17, 15) is 4.79 Å². The zero-order valence-electron chi connectivity index (χ0n) is 8.47. The van der Waals surface area contributed by atoms with Gasteiger partial charge >= 0.3 is 0 Å². The Labute approximate surface area is 88.5 Å². The highest BCUT2D eigenvalue weighted by molar-refractivity contribution is 5.94. The molecule has 2 rings (SSSR count). The van der Waals surface area contributed by atoms with Gasteiger partial charge in [0.1, 0.15) is 5.82 Å². The van der Waals surface area contributed by atoms with Crippen molar-refractivity contribution in [1.82, 2.24) is 4.98 Å². The van der Waals surface area contributed by atoms with E-state index in [4.69, 9.17) is 0 Å². The molecule has 3 heteroatoms. The van der Waals surface area contributed by atoms with Crippen LogP contribution in [-0.4, -0.2) is 10.9 Å². The number of aromatic nitrogens is 1. The van der Waals surface area contributed by atoms with Crippen LogP contribution in [0.25, 0.3) is 0 Å². The Bertz CT molecular complexity index is 423. The first-order valence-electron chi connectivity index (χ1n) is 4.85. The third-order valence-electron chi connectivity index (χ3n) is 2.19. The van der Waals surface area contributed by atoms with Gasteiger partial charge in [-0.25, -0.2) is 4.98 Å². The molecule has 0 bridgehead atoms. The molecule has 1 aromatic rings. The molecule has 0 aromatic carbocycles. The van der Waals surface area contributed by atoms with Gasteiger partial charge in [0.25, 0.3) is 0 Å². The summed E-state index contributed by atoms with van der Waals surface area (Å²) >= 11 is 0. The molecule has 3 nitrogen and oxygen atoms in total. The van der Waals surface area contributed by atoms with Crippen molar-refractivity contribution < 1.29 is 4.79 Å². The summed E-state index contributed by atoms with van der Waals surface area (Å²) in [5, 5.41) is 2.77. The largest absolute Gasteiger partial charge is 0.310 e. The molecule has 0 saturated carbocycles. The van der Waals surface area contributed by atoms with Gasteiger partial charge < -0.3 is 5.32 Å². The molecule has 0 fully saturated rings. The number of anilines is 1. The highest BCUT2D eigenvalue weighted by Crippen LogP contribution is 2.12. The monoisotopic (exact) mass is 200 g/mol. The van der Waals surface area contributed by atoms with Gasteiger partial charge in [-0.05, 0) is 19.1 Å². The first-order chi connectivity index (χ1) is 7.25. The molecule has 1 N–H and O–H groups in total. The summed E-state index contributed by atoms with van der Waals surface area (Å²) in [4.78, 5) is 15.9.